The van der Waals surface area contributed by atoms with Crippen molar-refractivity contribution in [3.05, 3.63) is 64.2 Å². The number of halogens is 1. The van der Waals surface area contributed by atoms with Gasteiger partial charge in [-0.25, -0.2) is 4.79 Å². The van der Waals surface area contributed by atoms with Crippen LogP contribution in [-0.4, -0.2) is 40.5 Å². The van der Waals surface area contributed by atoms with E-state index in [1.165, 1.54) is 4.90 Å². The van der Waals surface area contributed by atoms with E-state index in [-0.39, 0.29) is 6.04 Å². The first-order valence-electron chi connectivity index (χ1n) is 11.7. The number of hydrogen-bond acceptors (Lipinski definition) is 4. The normalized spacial score (nSPS) is 13.1. The van der Waals surface area contributed by atoms with Crippen LogP contribution in [0.5, 0.6) is 0 Å². The van der Waals surface area contributed by atoms with Crippen molar-refractivity contribution in [3.8, 4) is 0 Å². The molecule has 0 aliphatic heterocycles. The number of rotatable bonds is 7. The van der Waals surface area contributed by atoms with Crippen LogP contribution in [0, 0.1) is 13.8 Å². The van der Waals surface area contributed by atoms with E-state index in [1.807, 2.05) is 58.0 Å². The molecule has 2 aromatic carbocycles. The zero-order chi connectivity index (χ0) is 26.5. The Bertz CT molecular complexity index is 1060. The van der Waals surface area contributed by atoms with Crippen LogP contribution in [0.15, 0.2) is 42.5 Å². The SMILES string of the molecule is Cc1ccccc1C(C(=O)Nc1c(C)cccc1Cl)N(C(=O)C(C)NC(=O)OC(C)(C)C)C(C)C. The van der Waals surface area contributed by atoms with Gasteiger partial charge in [-0.15, -0.1) is 0 Å². The first kappa shape index (κ1) is 28.2. The highest BCUT2D eigenvalue weighted by Gasteiger charge is 2.37. The monoisotopic (exact) mass is 501 g/mol. The summed E-state index contributed by atoms with van der Waals surface area (Å²) in [5.74, 6) is -0.813. The molecule has 0 radical (unpaired) electrons. The molecule has 2 aromatic rings. The minimum absolute atomic E-state index is 0.354. The molecular weight excluding hydrogens is 466 g/mol. The number of amides is 3. The van der Waals surface area contributed by atoms with Crippen LogP contribution in [-0.2, 0) is 14.3 Å². The fourth-order valence-corrected chi connectivity index (χ4v) is 4.01. The van der Waals surface area contributed by atoms with Gasteiger partial charge in [-0.3, -0.25) is 9.59 Å². The van der Waals surface area contributed by atoms with E-state index >= 15 is 0 Å². The smallest absolute Gasteiger partial charge is 0.408 e. The number of nitrogens with one attached hydrogen (secondary N) is 2. The van der Waals surface area contributed by atoms with Crippen LogP contribution in [0.2, 0.25) is 5.02 Å². The number of nitrogens with zero attached hydrogens (tertiary/aromatic N) is 1. The number of ether oxygens (including phenoxy) is 1. The van der Waals surface area contributed by atoms with E-state index in [0.717, 1.165) is 11.1 Å². The highest BCUT2D eigenvalue weighted by molar-refractivity contribution is 6.34. The molecule has 2 rings (SSSR count). The maximum absolute atomic E-state index is 13.8. The standard InChI is InChI=1S/C27H36ClN3O4/c1-16(2)31(25(33)19(5)29-26(34)35-27(6,7)8)23(20-14-10-9-12-17(20)3)24(32)30-22-18(4)13-11-15-21(22)28/h9-16,19,23H,1-8H3,(H,29,34)(H,30,32). The second kappa shape index (κ2) is 11.6. The molecule has 0 aliphatic carbocycles. The highest BCUT2D eigenvalue weighted by atomic mass is 35.5. The number of alkyl carbamates (subject to hydrolysis) is 1. The lowest BCUT2D eigenvalue weighted by atomic mass is 9.97. The van der Waals surface area contributed by atoms with Crippen LogP contribution >= 0.6 is 11.6 Å². The molecule has 2 N–H and O–H groups in total. The summed E-state index contributed by atoms with van der Waals surface area (Å²) in [5.41, 5.74) is 2.13. The van der Waals surface area contributed by atoms with E-state index in [4.69, 9.17) is 16.3 Å². The van der Waals surface area contributed by atoms with Gasteiger partial charge in [-0.1, -0.05) is 48.0 Å². The predicted octanol–water partition coefficient (Wildman–Crippen LogP) is 5.79. The summed E-state index contributed by atoms with van der Waals surface area (Å²) in [6.45, 7) is 14.2. The zero-order valence-corrected chi connectivity index (χ0v) is 22.5. The van der Waals surface area contributed by atoms with Crippen molar-refractivity contribution in [1.29, 1.82) is 0 Å². The minimum atomic E-state index is -0.956. The molecule has 0 fully saturated rings. The molecule has 8 heteroatoms. The third-order valence-electron chi connectivity index (χ3n) is 5.39. The van der Waals surface area contributed by atoms with E-state index < -0.39 is 35.6 Å². The summed E-state index contributed by atoms with van der Waals surface area (Å²) in [5, 5.41) is 5.93. The van der Waals surface area contributed by atoms with Crippen molar-refractivity contribution in [2.24, 2.45) is 0 Å². The fraction of sp³-hybridized carbons (Fsp3) is 0.444. The second-order valence-electron chi connectivity index (χ2n) is 9.89. The van der Waals surface area contributed by atoms with Gasteiger partial charge >= 0.3 is 6.09 Å². The summed E-state index contributed by atoms with van der Waals surface area (Å²) in [7, 11) is 0. The number of anilines is 1. The summed E-state index contributed by atoms with van der Waals surface area (Å²) >= 11 is 6.36. The molecule has 190 valence electrons. The molecule has 0 saturated heterocycles. The van der Waals surface area contributed by atoms with Crippen LogP contribution in [0.1, 0.15) is 64.3 Å². The summed E-state index contributed by atoms with van der Waals surface area (Å²) < 4.78 is 5.30. The molecule has 2 unspecified atom stereocenters. The summed E-state index contributed by atoms with van der Waals surface area (Å²) in [6.07, 6.45) is -0.703. The Labute approximate surface area is 213 Å². The lowest BCUT2D eigenvalue weighted by Gasteiger charge is -2.37. The number of benzene rings is 2. The molecule has 0 aliphatic rings. The van der Waals surface area contributed by atoms with Crippen molar-refractivity contribution in [2.75, 3.05) is 5.32 Å². The Morgan fingerprint density at radius 1 is 0.943 bits per heavy atom. The fourth-order valence-electron chi connectivity index (χ4n) is 3.74. The maximum atomic E-state index is 13.8. The van der Waals surface area contributed by atoms with E-state index in [0.29, 0.717) is 16.3 Å². The third-order valence-corrected chi connectivity index (χ3v) is 5.71. The Morgan fingerprint density at radius 2 is 1.54 bits per heavy atom. The Balaban J connectivity index is 2.47. The molecule has 3 amide bonds. The zero-order valence-electron chi connectivity index (χ0n) is 21.7. The van der Waals surface area contributed by atoms with Gasteiger partial charge in [-0.05, 0) is 78.1 Å². The van der Waals surface area contributed by atoms with Gasteiger partial charge in [0, 0.05) is 6.04 Å². The summed E-state index contributed by atoms with van der Waals surface area (Å²) in [6, 6.07) is 10.5. The van der Waals surface area contributed by atoms with Crippen LogP contribution < -0.4 is 10.6 Å². The minimum Gasteiger partial charge on any atom is -0.444 e. The van der Waals surface area contributed by atoms with Crippen molar-refractivity contribution in [2.45, 2.75) is 79.1 Å². The number of carbonyl (C=O) groups is 3. The highest BCUT2D eigenvalue weighted by Crippen LogP contribution is 2.31. The topological polar surface area (TPSA) is 87.7 Å². The van der Waals surface area contributed by atoms with E-state index in [2.05, 4.69) is 10.6 Å². The van der Waals surface area contributed by atoms with Gasteiger partial charge in [0.15, 0.2) is 0 Å². The molecular formula is C27H36ClN3O4. The van der Waals surface area contributed by atoms with Crippen LogP contribution in [0.25, 0.3) is 0 Å². The van der Waals surface area contributed by atoms with Crippen LogP contribution in [0.3, 0.4) is 0 Å². The number of para-hydroxylation sites is 1. The lowest BCUT2D eigenvalue weighted by molar-refractivity contribution is -0.142. The van der Waals surface area contributed by atoms with Crippen molar-refractivity contribution >= 4 is 35.2 Å². The first-order valence-corrected chi connectivity index (χ1v) is 12.0. The van der Waals surface area contributed by atoms with Crippen molar-refractivity contribution in [3.63, 3.8) is 0 Å². The number of hydrogen-bond donors (Lipinski definition) is 2. The first-order chi connectivity index (χ1) is 16.2. The van der Waals surface area contributed by atoms with Gasteiger partial charge < -0.3 is 20.3 Å². The molecule has 0 saturated carbocycles. The van der Waals surface area contributed by atoms with Crippen LogP contribution in [0.4, 0.5) is 10.5 Å². The Hall–Kier alpha value is -3.06. The third kappa shape index (κ3) is 7.46. The molecule has 0 aromatic heterocycles. The molecule has 2 atom stereocenters. The molecule has 7 nitrogen and oxygen atoms in total. The van der Waals surface area contributed by atoms with Crippen molar-refractivity contribution in [1.82, 2.24) is 10.2 Å². The largest absolute Gasteiger partial charge is 0.444 e. The molecule has 35 heavy (non-hydrogen) atoms. The molecule has 0 bridgehead atoms. The Morgan fingerprint density at radius 3 is 2.09 bits per heavy atom. The molecule has 0 heterocycles. The second-order valence-corrected chi connectivity index (χ2v) is 10.3. The molecule has 0 spiro atoms. The predicted molar refractivity (Wildman–Crippen MR) is 140 cm³/mol. The van der Waals surface area contributed by atoms with E-state index in [1.54, 1.807) is 39.8 Å². The number of aryl methyl sites for hydroxylation is 2. The maximum Gasteiger partial charge on any atom is 0.408 e. The van der Waals surface area contributed by atoms with E-state index in [9.17, 15) is 14.4 Å². The van der Waals surface area contributed by atoms with Gasteiger partial charge in [0.1, 0.15) is 17.7 Å². The average molecular weight is 502 g/mol. The van der Waals surface area contributed by atoms with Gasteiger partial charge in [0.05, 0.1) is 10.7 Å². The lowest BCUT2D eigenvalue weighted by Crippen LogP contribution is -2.53. The quantitative estimate of drug-likeness (QED) is 0.502. The number of carbonyl (C=O) groups excluding carboxylic acids is 3. The Kier molecular flexibility index (Phi) is 9.32. The van der Waals surface area contributed by atoms with Gasteiger partial charge in [0.2, 0.25) is 5.91 Å². The summed E-state index contributed by atoms with van der Waals surface area (Å²) in [4.78, 5) is 41.2. The van der Waals surface area contributed by atoms with Gasteiger partial charge in [-0.2, -0.15) is 0 Å². The van der Waals surface area contributed by atoms with Gasteiger partial charge in [0.25, 0.3) is 5.91 Å². The van der Waals surface area contributed by atoms with Crippen molar-refractivity contribution < 1.29 is 19.1 Å². The average Bonchev–Trinajstić information content (AvgIpc) is 2.73.